The molecular weight excluding hydrogens is 460 g/mol. The number of hydrogen-bond acceptors (Lipinski definition) is 9. The van der Waals surface area contributed by atoms with Crippen LogP contribution in [0.4, 0.5) is 20.5 Å². The summed E-state index contributed by atoms with van der Waals surface area (Å²) in [5.41, 5.74) is 8.86. The number of hydrogen-bond donors (Lipinski definition) is 2. The summed E-state index contributed by atoms with van der Waals surface area (Å²) in [7, 11) is 1.67. The van der Waals surface area contributed by atoms with E-state index in [9.17, 15) is 8.78 Å². The molecule has 0 aromatic carbocycles. The van der Waals surface area contributed by atoms with E-state index in [1.54, 1.807) is 30.0 Å². The maximum Gasteiger partial charge on any atom is 0.258 e. The standard InChI is InChI=1S/C22H27F2N9O2/c1-34-10-11-35-14-4-2-13(3-5-14)26-22-28-20(25)19-15(8-9-32(19)30-22)16-6-7-17-21(27-16)33(31-29-17)12-18(23)24/h6-9,13-14,18H,2-5,10-12H2,1H3,(H3,25,26,28,30). The molecule has 3 N–H and O–H groups in total. The Morgan fingerprint density at radius 2 is 1.97 bits per heavy atom. The number of nitrogen functional groups attached to an aromatic ring is 1. The van der Waals surface area contributed by atoms with Crippen LogP contribution >= 0.6 is 0 Å². The van der Waals surface area contributed by atoms with Crippen LogP contribution in [0.25, 0.3) is 27.9 Å². The monoisotopic (exact) mass is 487 g/mol. The van der Waals surface area contributed by atoms with Crippen LogP contribution in [-0.2, 0) is 16.0 Å². The molecule has 1 saturated carbocycles. The number of pyridine rings is 1. The van der Waals surface area contributed by atoms with Crippen LogP contribution in [0, 0.1) is 0 Å². The molecule has 186 valence electrons. The number of nitrogens with two attached hydrogens (primary N) is 1. The fourth-order valence-electron chi connectivity index (χ4n) is 4.43. The lowest BCUT2D eigenvalue weighted by Crippen LogP contribution is -2.31. The van der Waals surface area contributed by atoms with Gasteiger partial charge in [-0.3, -0.25) is 0 Å². The number of rotatable bonds is 9. The lowest BCUT2D eigenvalue weighted by molar-refractivity contribution is -0.00158. The van der Waals surface area contributed by atoms with E-state index < -0.39 is 13.0 Å². The van der Waals surface area contributed by atoms with E-state index in [1.165, 1.54) is 0 Å². The zero-order valence-corrected chi connectivity index (χ0v) is 19.3. The molecule has 4 heterocycles. The molecular formula is C22H27F2N9O2. The molecule has 5 rings (SSSR count). The van der Waals surface area contributed by atoms with Crippen LogP contribution < -0.4 is 11.1 Å². The summed E-state index contributed by atoms with van der Waals surface area (Å²) < 4.78 is 39.4. The van der Waals surface area contributed by atoms with Crippen LogP contribution in [0.15, 0.2) is 24.4 Å². The fourth-order valence-corrected chi connectivity index (χ4v) is 4.43. The number of nitrogens with one attached hydrogen (secondary N) is 1. The summed E-state index contributed by atoms with van der Waals surface area (Å²) in [5.74, 6) is 0.740. The third-order valence-corrected chi connectivity index (χ3v) is 6.13. The third kappa shape index (κ3) is 5.00. The average Bonchev–Trinajstić information content (AvgIpc) is 3.44. The first-order valence-corrected chi connectivity index (χ1v) is 11.5. The molecule has 13 heteroatoms. The van der Waals surface area contributed by atoms with E-state index in [4.69, 9.17) is 15.2 Å². The second-order valence-electron chi connectivity index (χ2n) is 8.53. The van der Waals surface area contributed by atoms with Crippen LogP contribution in [0.1, 0.15) is 25.7 Å². The zero-order chi connectivity index (χ0) is 24.4. The highest BCUT2D eigenvalue weighted by molar-refractivity contribution is 5.88. The number of anilines is 2. The van der Waals surface area contributed by atoms with Crippen molar-refractivity contribution < 1.29 is 18.3 Å². The van der Waals surface area contributed by atoms with Crippen LogP contribution in [0.5, 0.6) is 0 Å². The summed E-state index contributed by atoms with van der Waals surface area (Å²) in [6.07, 6.45) is 3.26. The van der Waals surface area contributed by atoms with Gasteiger partial charge in [-0.05, 0) is 43.9 Å². The Bertz CT molecular complexity index is 1300. The molecule has 0 aliphatic heterocycles. The number of methoxy groups -OCH3 is 1. The number of fused-ring (bicyclic) bond motifs is 2. The zero-order valence-electron chi connectivity index (χ0n) is 19.3. The van der Waals surface area contributed by atoms with Gasteiger partial charge in [-0.25, -0.2) is 23.0 Å². The van der Waals surface area contributed by atoms with Gasteiger partial charge in [0.2, 0.25) is 5.95 Å². The summed E-state index contributed by atoms with van der Waals surface area (Å²) in [5, 5.41) is 15.6. The van der Waals surface area contributed by atoms with Crippen molar-refractivity contribution in [3.05, 3.63) is 24.4 Å². The summed E-state index contributed by atoms with van der Waals surface area (Å²) in [6, 6.07) is 5.49. The molecule has 1 aliphatic rings. The summed E-state index contributed by atoms with van der Waals surface area (Å²) in [4.78, 5) is 8.99. The normalized spacial score (nSPS) is 18.6. The van der Waals surface area contributed by atoms with Crippen molar-refractivity contribution in [3.8, 4) is 11.3 Å². The average molecular weight is 488 g/mol. The molecule has 4 aromatic rings. The van der Waals surface area contributed by atoms with Gasteiger partial charge in [-0.2, -0.15) is 4.98 Å². The molecule has 0 atom stereocenters. The minimum absolute atomic E-state index is 0.232. The molecule has 0 spiro atoms. The Kier molecular flexibility index (Phi) is 6.68. The lowest BCUT2D eigenvalue weighted by Gasteiger charge is -2.29. The van der Waals surface area contributed by atoms with Crippen molar-refractivity contribution in [1.29, 1.82) is 0 Å². The largest absolute Gasteiger partial charge is 0.382 e. The van der Waals surface area contributed by atoms with E-state index in [2.05, 4.69) is 30.7 Å². The Hall–Kier alpha value is -3.45. The number of halogens is 2. The second-order valence-corrected chi connectivity index (χ2v) is 8.53. The maximum atomic E-state index is 12.9. The summed E-state index contributed by atoms with van der Waals surface area (Å²) in [6.45, 7) is 0.632. The predicted molar refractivity (Wildman–Crippen MR) is 125 cm³/mol. The number of nitrogens with zero attached hydrogens (tertiary/aromatic N) is 7. The van der Waals surface area contributed by atoms with E-state index in [0.29, 0.717) is 47.3 Å². The first-order valence-electron chi connectivity index (χ1n) is 11.5. The van der Waals surface area contributed by atoms with Gasteiger partial charge in [0.25, 0.3) is 6.43 Å². The van der Waals surface area contributed by atoms with Gasteiger partial charge in [-0.15, -0.1) is 10.2 Å². The number of aromatic nitrogens is 7. The van der Waals surface area contributed by atoms with E-state index in [0.717, 1.165) is 30.4 Å². The predicted octanol–water partition coefficient (Wildman–Crippen LogP) is 2.77. The van der Waals surface area contributed by atoms with Gasteiger partial charge in [0.1, 0.15) is 17.6 Å². The summed E-state index contributed by atoms with van der Waals surface area (Å²) >= 11 is 0. The number of ether oxygens (including phenoxy) is 2. The van der Waals surface area contributed by atoms with Crippen LogP contribution in [-0.4, -0.2) is 73.5 Å². The third-order valence-electron chi connectivity index (χ3n) is 6.13. The minimum atomic E-state index is -2.56. The lowest BCUT2D eigenvalue weighted by atomic mass is 9.93. The molecule has 4 aromatic heterocycles. The molecule has 11 nitrogen and oxygen atoms in total. The van der Waals surface area contributed by atoms with E-state index in [1.807, 2.05) is 6.07 Å². The van der Waals surface area contributed by atoms with Crippen molar-refractivity contribution in [1.82, 2.24) is 34.6 Å². The van der Waals surface area contributed by atoms with Crippen molar-refractivity contribution in [3.63, 3.8) is 0 Å². The molecule has 0 amide bonds. The Labute approximate surface area is 199 Å². The highest BCUT2D eigenvalue weighted by Crippen LogP contribution is 2.30. The highest BCUT2D eigenvalue weighted by atomic mass is 19.3. The molecule has 0 bridgehead atoms. The Morgan fingerprint density at radius 3 is 2.74 bits per heavy atom. The van der Waals surface area contributed by atoms with Crippen LogP contribution in [0.3, 0.4) is 0 Å². The van der Waals surface area contributed by atoms with Crippen molar-refractivity contribution in [2.45, 2.75) is 50.8 Å². The molecule has 0 radical (unpaired) electrons. The van der Waals surface area contributed by atoms with Crippen LogP contribution in [0.2, 0.25) is 0 Å². The van der Waals surface area contributed by atoms with Gasteiger partial charge >= 0.3 is 0 Å². The van der Waals surface area contributed by atoms with Gasteiger partial charge in [0.15, 0.2) is 11.5 Å². The second kappa shape index (κ2) is 10.0. The van der Waals surface area contributed by atoms with E-state index >= 15 is 0 Å². The smallest absolute Gasteiger partial charge is 0.258 e. The molecule has 0 unspecified atom stereocenters. The van der Waals surface area contributed by atoms with Gasteiger partial charge < -0.3 is 20.5 Å². The molecule has 0 saturated heterocycles. The topological polar surface area (TPSA) is 130 Å². The Morgan fingerprint density at radius 1 is 1.14 bits per heavy atom. The van der Waals surface area contributed by atoms with E-state index in [-0.39, 0.29) is 17.8 Å². The minimum Gasteiger partial charge on any atom is -0.382 e. The number of alkyl halides is 2. The SMILES string of the molecule is COCCOC1CCC(Nc2nc(N)c3c(-c4ccc5nnn(CC(F)F)c5n4)ccn3n2)CC1. The first kappa shape index (κ1) is 23.3. The Balaban J connectivity index is 1.33. The van der Waals surface area contributed by atoms with Crippen molar-refractivity contribution in [2.75, 3.05) is 31.4 Å². The van der Waals surface area contributed by atoms with Crippen molar-refractivity contribution in [2.24, 2.45) is 0 Å². The first-order chi connectivity index (χ1) is 17.0. The molecule has 1 aliphatic carbocycles. The van der Waals surface area contributed by atoms with Gasteiger partial charge in [0.05, 0.1) is 25.0 Å². The van der Waals surface area contributed by atoms with Crippen molar-refractivity contribution >= 4 is 28.4 Å². The molecule has 1 fully saturated rings. The quantitative estimate of drug-likeness (QED) is 0.342. The molecule has 35 heavy (non-hydrogen) atoms. The van der Waals surface area contributed by atoms with Gasteiger partial charge in [0, 0.05) is 24.9 Å². The van der Waals surface area contributed by atoms with Gasteiger partial charge in [-0.1, -0.05) is 5.21 Å². The highest BCUT2D eigenvalue weighted by Gasteiger charge is 2.23. The fraction of sp³-hybridized carbons (Fsp3) is 0.500. The maximum absolute atomic E-state index is 12.9.